The molecule has 2 aliphatic rings. The molecule has 0 bridgehead atoms. The minimum atomic E-state index is -3.62. The van der Waals surface area contributed by atoms with Gasteiger partial charge in [-0.1, -0.05) is 20.8 Å². The average Bonchev–Trinajstić information content (AvgIpc) is 3.16. The Hall–Kier alpha value is -2.27. The first-order chi connectivity index (χ1) is 16.6. The summed E-state index contributed by atoms with van der Waals surface area (Å²) in [4.78, 5) is 28.8. The maximum absolute atomic E-state index is 13.1. The topological polar surface area (TPSA) is 113 Å². The van der Waals surface area contributed by atoms with Gasteiger partial charge in [0.15, 0.2) is 0 Å². The van der Waals surface area contributed by atoms with Crippen molar-refractivity contribution >= 4 is 38.2 Å². The highest BCUT2D eigenvalue weighted by molar-refractivity contribution is 7.89. The molecule has 3 heterocycles. The van der Waals surface area contributed by atoms with Gasteiger partial charge in [-0.25, -0.2) is 8.42 Å². The van der Waals surface area contributed by atoms with Gasteiger partial charge >= 0.3 is 0 Å². The lowest BCUT2D eigenvalue weighted by Gasteiger charge is -2.34. The Morgan fingerprint density at radius 2 is 1.80 bits per heavy atom. The number of carbonyl (C=O) groups excluding carboxylic acids is 2. The van der Waals surface area contributed by atoms with Gasteiger partial charge in [-0.2, -0.15) is 4.31 Å². The first-order valence-corrected chi connectivity index (χ1v) is 14.4. The summed E-state index contributed by atoms with van der Waals surface area (Å²) in [6.07, 6.45) is 2.79. The second-order valence-electron chi connectivity index (χ2n) is 9.84. The largest absolute Gasteiger partial charge is 0.365 e. The number of piperidine rings is 1. The summed E-state index contributed by atoms with van der Waals surface area (Å²) in [5.41, 5.74) is 7.32. The SMILES string of the molecule is CCCN1CCc2c(sc(NC(=O)c3ccc(S(=O)(=O)N4CC(C)CC(C)C4)cc3)c2C(N)=O)C1. The number of amides is 2. The van der Waals surface area contributed by atoms with E-state index in [0.29, 0.717) is 41.1 Å². The number of benzene rings is 1. The second kappa shape index (κ2) is 10.4. The van der Waals surface area contributed by atoms with Crippen LogP contribution in [0.25, 0.3) is 0 Å². The highest BCUT2D eigenvalue weighted by atomic mass is 32.2. The lowest BCUT2D eigenvalue weighted by Crippen LogP contribution is -2.42. The molecule has 2 amide bonds. The minimum Gasteiger partial charge on any atom is -0.365 e. The molecular formula is C25H34N4O4S2. The molecule has 2 atom stereocenters. The highest BCUT2D eigenvalue weighted by Crippen LogP contribution is 2.37. The standard InChI is InChI=1S/C25H34N4O4S2/c1-4-10-28-11-9-20-21(15-28)34-25(22(20)23(26)30)27-24(31)18-5-7-19(8-6-18)35(32,33)29-13-16(2)12-17(3)14-29/h5-8,16-17H,4,9-15H2,1-3H3,(H2,26,30)(H,27,31). The molecule has 3 N–H and O–H groups in total. The second-order valence-corrected chi connectivity index (χ2v) is 12.9. The summed E-state index contributed by atoms with van der Waals surface area (Å²) in [5.74, 6) is -0.332. The Morgan fingerprint density at radius 3 is 2.40 bits per heavy atom. The summed E-state index contributed by atoms with van der Waals surface area (Å²) >= 11 is 1.39. The Bertz CT molecular complexity index is 1200. The van der Waals surface area contributed by atoms with Crippen LogP contribution in [-0.2, 0) is 23.0 Å². The van der Waals surface area contributed by atoms with E-state index >= 15 is 0 Å². The van der Waals surface area contributed by atoms with Crippen molar-refractivity contribution in [3.05, 3.63) is 45.8 Å². The van der Waals surface area contributed by atoms with E-state index in [1.54, 1.807) is 0 Å². The Labute approximate surface area is 211 Å². The van der Waals surface area contributed by atoms with Crippen molar-refractivity contribution < 1.29 is 18.0 Å². The molecule has 35 heavy (non-hydrogen) atoms. The predicted molar refractivity (Wildman–Crippen MR) is 138 cm³/mol. The van der Waals surface area contributed by atoms with E-state index in [4.69, 9.17) is 5.73 Å². The number of carbonyl (C=O) groups is 2. The molecule has 2 unspecified atom stereocenters. The number of nitrogens with one attached hydrogen (secondary N) is 1. The van der Waals surface area contributed by atoms with Crippen molar-refractivity contribution in [1.82, 2.24) is 9.21 Å². The van der Waals surface area contributed by atoms with Crippen LogP contribution < -0.4 is 11.1 Å². The van der Waals surface area contributed by atoms with E-state index in [-0.39, 0.29) is 4.90 Å². The molecule has 0 aliphatic carbocycles. The van der Waals surface area contributed by atoms with Gasteiger partial charge in [0.2, 0.25) is 10.0 Å². The lowest BCUT2D eigenvalue weighted by atomic mass is 9.94. The summed E-state index contributed by atoms with van der Waals surface area (Å²) in [6, 6.07) is 5.98. The van der Waals surface area contributed by atoms with Gasteiger partial charge in [-0.3, -0.25) is 14.5 Å². The number of hydrogen-bond acceptors (Lipinski definition) is 6. The molecule has 1 saturated heterocycles. The molecule has 1 aromatic heterocycles. The number of nitrogens with two attached hydrogens (primary N) is 1. The maximum Gasteiger partial charge on any atom is 0.256 e. The highest BCUT2D eigenvalue weighted by Gasteiger charge is 2.32. The molecule has 0 saturated carbocycles. The maximum atomic E-state index is 13.1. The van der Waals surface area contributed by atoms with Crippen molar-refractivity contribution in [3.8, 4) is 0 Å². The van der Waals surface area contributed by atoms with Gasteiger partial charge in [0, 0.05) is 36.6 Å². The van der Waals surface area contributed by atoms with Crippen LogP contribution in [0.15, 0.2) is 29.2 Å². The molecule has 1 fully saturated rings. The van der Waals surface area contributed by atoms with Gasteiger partial charge in [0.1, 0.15) is 5.00 Å². The summed E-state index contributed by atoms with van der Waals surface area (Å²) < 4.78 is 27.8. The Balaban J connectivity index is 1.52. The lowest BCUT2D eigenvalue weighted by molar-refractivity contribution is 0.1000. The zero-order chi connectivity index (χ0) is 25.3. The number of thiophene rings is 1. The fourth-order valence-corrected chi connectivity index (χ4v) is 8.19. The van der Waals surface area contributed by atoms with Crippen molar-refractivity contribution in [2.45, 2.75) is 51.5 Å². The van der Waals surface area contributed by atoms with Crippen LogP contribution in [0.5, 0.6) is 0 Å². The van der Waals surface area contributed by atoms with Gasteiger partial charge in [0.25, 0.3) is 11.8 Å². The Morgan fingerprint density at radius 1 is 1.14 bits per heavy atom. The molecule has 0 spiro atoms. The molecular weight excluding hydrogens is 484 g/mol. The molecule has 2 aliphatic heterocycles. The smallest absolute Gasteiger partial charge is 0.256 e. The fourth-order valence-electron chi connectivity index (χ4n) is 5.22. The molecule has 8 nitrogen and oxygen atoms in total. The summed E-state index contributed by atoms with van der Waals surface area (Å²) in [5, 5.41) is 3.30. The van der Waals surface area contributed by atoms with Crippen LogP contribution in [0.1, 0.15) is 64.8 Å². The molecule has 10 heteroatoms. The van der Waals surface area contributed by atoms with Gasteiger partial charge in [-0.05, 0) is 67.5 Å². The van der Waals surface area contributed by atoms with Crippen LogP contribution in [0.3, 0.4) is 0 Å². The fraction of sp³-hybridized carbons (Fsp3) is 0.520. The first kappa shape index (κ1) is 25.8. The molecule has 4 rings (SSSR count). The predicted octanol–water partition coefficient (Wildman–Crippen LogP) is 3.53. The van der Waals surface area contributed by atoms with Crippen molar-refractivity contribution in [2.24, 2.45) is 17.6 Å². The van der Waals surface area contributed by atoms with Crippen LogP contribution in [0, 0.1) is 11.8 Å². The Kier molecular flexibility index (Phi) is 7.65. The quantitative estimate of drug-likeness (QED) is 0.582. The minimum absolute atomic E-state index is 0.177. The molecule has 190 valence electrons. The van der Waals surface area contributed by atoms with Crippen molar-refractivity contribution in [3.63, 3.8) is 0 Å². The van der Waals surface area contributed by atoms with E-state index in [9.17, 15) is 18.0 Å². The van der Waals surface area contributed by atoms with Crippen LogP contribution >= 0.6 is 11.3 Å². The third-order valence-corrected chi connectivity index (χ3v) is 9.72. The van der Waals surface area contributed by atoms with E-state index in [1.807, 2.05) is 0 Å². The number of hydrogen-bond donors (Lipinski definition) is 2. The van der Waals surface area contributed by atoms with Crippen LogP contribution in [-0.4, -0.2) is 55.6 Å². The van der Waals surface area contributed by atoms with E-state index in [1.165, 1.54) is 39.9 Å². The number of primary amides is 1. The van der Waals surface area contributed by atoms with Gasteiger partial charge in [0.05, 0.1) is 10.5 Å². The first-order valence-electron chi connectivity index (χ1n) is 12.2. The average molecular weight is 519 g/mol. The van der Waals surface area contributed by atoms with Crippen LogP contribution in [0.4, 0.5) is 5.00 Å². The number of rotatable bonds is 7. The summed E-state index contributed by atoms with van der Waals surface area (Å²) in [6.45, 7) is 9.85. The third-order valence-electron chi connectivity index (χ3n) is 6.74. The van der Waals surface area contributed by atoms with Crippen molar-refractivity contribution in [1.29, 1.82) is 0 Å². The van der Waals surface area contributed by atoms with Gasteiger partial charge in [-0.15, -0.1) is 11.3 Å². The normalized spacial score (nSPS) is 21.5. The monoisotopic (exact) mass is 518 g/mol. The number of sulfonamides is 1. The molecule has 0 radical (unpaired) electrons. The zero-order valence-corrected chi connectivity index (χ0v) is 22.2. The number of nitrogens with zero attached hydrogens (tertiary/aromatic N) is 2. The summed E-state index contributed by atoms with van der Waals surface area (Å²) in [7, 11) is -3.62. The third kappa shape index (κ3) is 5.45. The van der Waals surface area contributed by atoms with Gasteiger partial charge < -0.3 is 11.1 Å². The van der Waals surface area contributed by atoms with E-state index in [0.717, 1.165) is 49.3 Å². The van der Waals surface area contributed by atoms with E-state index < -0.39 is 21.8 Å². The number of fused-ring (bicyclic) bond motifs is 1. The number of anilines is 1. The van der Waals surface area contributed by atoms with Crippen molar-refractivity contribution in [2.75, 3.05) is 31.5 Å². The van der Waals surface area contributed by atoms with E-state index in [2.05, 4.69) is 31.0 Å². The molecule has 2 aromatic rings. The molecule has 1 aromatic carbocycles. The van der Waals surface area contributed by atoms with Crippen LogP contribution in [0.2, 0.25) is 0 Å². The zero-order valence-electron chi connectivity index (χ0n) is 20.5.